The van der Waals surface area contributed by atoms with E-state index in [0.717, 1.165) is 21.9 Å². The summed E-state index contributed by atoms with van der Waals surface area (Å²) in [5.41, 5.74) is 5.14. The van der Waals surface area contributed by atoms with E-state index >= 15 is 0 Å². The van der Waals surface area contributed by atoms with E-state index in [1.54, 1.807) is 6.21 Å². The summed E-state index contributed by atoms with van der Waals surface area (Å²) in [7, 11) is 0. The van der Waals surface area contributed by atoms with E-state index in [0.29, 0.717) is 11.0 Å². The van der Waals surface area contributed by atoms with Crippen LogP contribution in [0, 0.1) is 6.92 Å². The maximum absolute atomic E-state index is 6.04. The summed E-state index contributed by atoms with van der Waals surface area (Å²) >= 11 is 6.04. The molecular formula is C16H13ClN4. The van der Waals surface area contributed by atoms with Crippen LogP contribution in [0.3, 0.4) is 0 Å². The van der Waals surface area contributed by atoms with Crippen molar-refractivity contribution in [1.29, 1.82) is 0 Å². The Morgan fingerprint density at radius 2 is 1.71 bits per heavy atom. The number of fused-ring (bicyclic) bond motifs is 1. The van der Waals surface area contributed by atoms with Crippen molar-refractivity contribution < 1.29 is 0 Å². The zero-order valence-electron chi connectivity index (χ0n) is 11.4. The van der Waals surface area contributed by atoms with Crippen LogP contribution in [-0.2, 0) is 0 Å². The molecule has 104 valence electrons. The molecule has 1 aromatic heterocycles. The molecule has 1 N–H and O–H groups in total. The van der Waals surface area contributed by atoms with Gasteiger partial charge in [0.15, 0.2) is 11.0 Å². The molecular weight excluding hydrogens is 284 g/mol. The highest BCUT2D eigenvalue weighted by molar-refractivity contribution is 6.34. The van der Waals surface area contributed by atoms with E-state index in [-0.39, 0.29) is 0 Å². The number of benzene rings is 2. The summed E-state index contributed by atoms with van der Waals surface area (Å²) < 4.78 is 0. The molecule has 3 rings (SSSR count). The summed E-state index contributed by atoms with van der Waals surface area (Å²) in [5.74, 6) is 0.583. The van der Waals surface area contributed by atoms with Crippen LogP contribution in [0.5, 0.6) is 0 Å². The Morgan fingerprint density at radius 1 is 1.00 bits per heavy atom. The molecule has 0 bridgehead atoms. The van der Waals surface area contributed by atoms with Crippen LogP contribution in [0.1, 0.15) is 11.1 Å². The molecule has 0 saturated carbocycles. The molecule has 1 heterocycles. The first-order chi connectivity index (χ1) is 10.3. The predicted octanol–water partition coefficient (Wildman–Crippen LogP) is 4.04. The number of anilines is 1. The minimum atomic E-state index is 0.388. The Bertz CT molecular complexity index is 814. The van der Waals surface area contributed by atoms with Crippen LogP contribution in [-0.4, -0.2) is 16.4 Å². The van der Waals surface area contributed by atoms with Crippen LogP contribution in [0.25, 0.3) is 10.8 Å². The normalized spacial score (nSPS) is 11.1. The fourth-order valence-electron chi connectivity index (χ4n) is 2.05. The lowest BCUT2D eigenvalue weighted by atomic mass is 10.1. The SMILES string of the molecule is Cc1ccccc1/C=N/Nc1nnc(Cl)c2ccccc12. The molecule has 0 atom stereocenters. The Labute approximate surface area is 127 Å². The minimum absolute atomic E-state index is 0.388. The second-order valence-electron chi connectivity index (χ2n) is 4.61. The lowest BCUT2D eigenvalue weighted by Gasteiger charge is -2.05. The van der Waals surface area contributed by atoms with Gasteiger partial charge in [-0.2, -0.15) is 5.10 Å². The van der Waals surface area contributed by atoms with E-state index in [2.05, 4.69) is 20.7 Å². The average Bonchev–Trinajstić information content (AvgIpc) is 2.52. The molecule has 21 heavy (non-hydrogen) atoms. The molecule has 0 amide bonds. The monoisotopic (exact) mass is 296 g/mol. The van der Waals surface area contributed by atoms with Gasteiger partial charge in [0.05, 0.1) is 6.21 Å². The zero-order chi connectivity index (χ0) is 14.7. The van der Waals surface area contributed by atoms with E-state index < -0.39 is 0 Å². The van der Waals surface area contributed by atoms with Gasteiger partial charge in [0, 0.05) is 10.8 Å². The van der Waals surface area contributed by atoms with Crippen molar-refractivity contribution in [2.75, 3.05) is 5.43 Å². The lowest BCUT2D eigenvalue weighted by Crippen LogP contribution is -1.98. The van der Waals surface area contributed by atoms with Crippen molar-refractivity contribution in [2.24, 2.45) is 5.10 Å². The van der Waals surface area contributed by atoms with Crippen molar-refractivity contribution in [3.05, 3.63) is 64.8 Å². The zero-order valence-corrected chi connectivity index (χ0v) is 12.2. The molecule has 0 fully saturated rings. The lowest BCUT2D eigenvalue weighted by molar-refractivity contribution is 1.04. The van der Waals surface area contributed by atoms with E-state index in [9.17, 15) is 0 Å². The molecule has 3 aromatic rings. The first-order valence-electron chi connectivity index (χ1n) is 6.51. The van der Waals surface area contributed by atoms with Crippen molar-refractivity contribution in [1.82, 2.24) is 10.2 Å². The number of hydrogen-bond acceptors (Lipinski definition) is 4. The number of hydrazone groups is 1. The smallest absolute Gasteiger partial charge is 0.176 e. The second kappa shape index (κ2) is 5.89. The molecule has 0 aliphatic rings. The summed E-state index contributed by atoms with van der Waals surface area (Å²) in [6.07, 6.45) is 1.76. The van der Waals surface area contributed by atoms with Gasteiger partial charge in [0.2, 0.25) is 0 Å². The molecule has 2 aromatic carbocycles. The molecule has 5 heteroatoms. The van der Waals surface area contributed by atoms with Crippen molar-refractivity contribution in [2.45, 2.75) is 6.92 Å². The number of hydrogen-bond donors (Lipinski definition) is 1. The fraction of sp³-hybridized carbons (Fsp3) is 0.0625. The van der Waals surface area contributed by atoms with E-state index in [1.807, 2.05) is 55.5 Å². The summed E-state index contributed by atoms with van der Waals surface area (Å²) in [6, 6.07) is 15.7. The Morgan fingerprint density at radius 3 is 2.52 bits per heavy atom. The highest BCUT2D eigenvalue weighted by Crippen LogP contribution is 2.25. The fourth-order valence-corrected chi connectivity index (χ4v) is 2.25. The largest absolute Gasteiger partial charge is 0.259 e. The van der Waals surface area contributed by atoms with Crippen LogP contribution in [0.15, 0.2) is 53.6 Å². The van der Waals surface area contributed by atoms with Gasteiger partial charge in [-0.3, -0.25) is 5.43 Å². The first kappa shape index (κ1) is 13.5. The maximum Gasteiger partial charge on any atom is 0.176 e. The van der Waals surface area contributed by atoms with Crippen LogP contribution >= 0.6 is 11.6 Å². The summed E-state index contributed by atoms with van der Waals surface area (Å²) in [4.78, 5) is 0. The standard InChI is InChI=1S/C16H13ClN4/c1-11-6-2-3-7-12(11)10-18-20-16-14-9-5-4-8-13(14)15(17)19-21-16/h2-10H,1H3,(H,20,21)/b18-10+. The van der Waals surface area contributed by atoms with Crippen LogP contribution in [0.4, 0.5) is 5.82 Å². The molecule has 0 unspecified atom stereocenters. The third-order valence-electron chi connectivity index (χ3n) is 3.20. The van der Waals surface area contributed by atoms with Gasteiger partial charge in [-0.15, -0.1) is 10.2 Å². The van der Waals surface area contributed by atoms with Gasteiger partial charge < -0.3 is 0 Å². The topological polar surface area (TPSA) is 50.2 Å². The number of nitrogens with zero attached hydrogens (tertiary/aromatic N) is 3. The predicted molar refractivity (Wildman–Crippen MR) is 86.9 cm³/mol. The van der Waals surface area contributed by atoms with E-state index in [4.69, 9.17) is 11.6 Å². The minimum Gasteiger partial charge on any atom is -0.259 e. The van der Waals surface area contributed by atoms with Gasteiger partial charge in [0.25, 0.3) is 0 Å². The first-order valence-corrected chi connectivity index (χ1v) is 6.89. The number of nitrogens with one attached hydrogen (secondary N) is 1. The van der Waals surface area contributed by atoms with Gasteiger partial charge in [-0.1, -0.05) is 60.1 Å². The van der Waals surface area contributed by atoms with Crippen molar-refractivity contribution in [3.8, 4) is 0 Å². The molecule has 0 aliphatic carbocycles. The molecule has 0 aliphatic heterocycles. The third kappa shape index (κ3) is 2.85. The molecule has 0 saturated heterocycles. The number of aryl methyl sites for hydroxylation is 1. The van der Waals surface area contributed by atoms with E-state index in [1.165, 1.54) is 0 Å². The Kier molecular flexibility index (Phi) is 3.79. The molecule has 4 nitrogen and oxygen atoms in total. The maximum atomic E-state index is 6.04. The van der Waals surface area contributed by atoms with Crippen molar-refractivity contribution >= 4 is 34.4 Å². The van der Waals surface area contributed by atoms with Crippen LogP contribution < -0.4 is 5.43 Å². The summed E-state index contributed by atoms with van der Waals surface area (Å²) in [5, 5.41) is 14.3. The van der Waals surface area contributed by atoms with Crippen LogP contribution in [0.2, 0.25) is 5.15 Å². The van der Waals surface area contributed by atoms with Gasteiger partial charge >= 0.3 is 0 Å². The van der Waals surface area contributed by atoms with Gasteiger partial charge in [-0.05, 0) is 18.1 Å². The van der Waals surface area contributed by atoms with Gasteiger partial charge in [-0.25, -0.2) is 0 Å². The highest BCUT2D eigenvalue weighted by atomic mass is 35.5. The number of halogens is 1. The highest BCUT2D eigenvalue weighted by Gasteiger charge is 2.06. The number of rotatable bonds is 3. The average molecular weight is 297 g/mol. The van der Waals surface area contributed by atoms with Crippen molar-refractivity contribution in [3.63, 3.8) is 0 Å². The quantitative estimate of drug-likeness (QED) is 0.586. The Hall–Kier alpha value is -2.46. The second-order valence-corrected chi connectivity index (χ2v) is 4.97. The third-order valence-corrected chi connectivity index (χ3v) is 3.48. The van der Waals surface area contributed by atoms with Gasteiger partial charge in [0.1, 0.15) is 0 Å². The molecule has 0 radical (unpaired) electrons. The number of aromatic nitrogens is 2. The summed E-state index contributed by atoms with van der Waals surface area (Å²) in [6.45, 7) is 2.04. The molecule has 0 spiro atoms. The Balaban J connectivity index is 1.89.